The molecule has 90 valence electrons. The van der Waals surface area contributed by atoms with Crippen LogP contribution in [0.2, 0.25) is 0 Å². The summed E-state index contributed by atoms with van der Waals surface area (Å²) in [6.07, 6.45) is 4.18. The number of aliphatic carboxylic acids is 1. The summed E-state index contributed by atoms with van der Waals surface area (Å²) >= 11 is 0. The van der Waals surface area contributed by atoms with Gasteiger partial charge in [-0.2, -0.15) is 0 Å². The molecule has 0 heterocycles. The van der Waals surface area contributed by atoms with Crippen LogP contribution in [-0.2, 0) is 4.79 Å². The van der Waals surface area contributed by atoms with E-state index >= 15 is 0 Å². The van der Waals surface area contributed by atoms with E-state index in [1.807, 2.05) is 0 Å². The number of carbonyl (C=O) groups excluding carboxylic acids is 1. The summed E-state index contributed by atoms with van der Waals surface area (Å²) < 4.78 is 0. The van der Waals surface area contributed by atoms with Crippen molar-refractivity contribution in [2.75, 3.05) is 0 Å². The quantitative estimate of drug-likeness (QED) is 0.631. The number of hydrogen-bond acceptors (Lipinski definition) is 2. The summed E-state index contributed by atoms with van der Waals surface area (Å²) in [4.78, 5) is 22.3. The maximum atomic E-state index is 11.5. The van der Waals surface area contributed by atoms with Crippen molar-refractivity contribution >= 4 is 12.0 Å². The molecule has 0 bridgehead atoms. The summed E-state index contributed by atoms with van der Waals surface area (Å²) in [5.74, 6) is -1.09. The molecule has 2 amide bonds. The average Bonchev–Trinajstić information content (AvgIpc) is 2.65. The third-order valence-electron chi connectivity index (χ3n) is 2.71. The Hall–Kier alpha value is -1.52. The van der Waals surface area contributed by atoms with E-state index in [1.165, 1.54) is 0 Å². The van der Waals surface area contributed by atoms with Gasteiger partial charge in [-0.05, 0) is 25.3 Å². The number of hydrogen-bond donors (Lipinski definition) is 3. The highest BCUT2D eigenvalue weighted by atomic mass is 16.4. The first-order valence-electron chi connectivity index (χ1n) is 5.46. The van der Waals surface area contributed by atoms with E-state index in [0.29, 0.717) is 5.57 Å². The fraction of sp³-hybridized carbons (Fsp3) is 0.636. The predicted molar refractivity (Wildman–Crippen MR) is 60.2 cm³/mol. The van der Waals surface area contributed by atoms with E-state index in [0.717, 1.165) is 25.7 Å². The van der Waals surface area contributed by atoms with Gasteiger partial charge in [0.25, 0.3) is 0 Å². The van der Waals surface area contributed by atoms with Crippen LogP contribution in [0.1, 0.15) is 32.6 Å². The largest absolute Gasteiger partial charge is 0.479 e. The average molecular weight is 226 g/mol. The molecule has 1 atom stereocenters. The number of carbonyl (C=O) groups is 2. The zero-order chi connectivity index (χ0) is 12.1. The molecule has 0 aromatic heterocycles. The lowest BCUT2D eigenvalue weighted by atomic mass is 10.1. The van der Waals surface area contributed by atoms with Crippen molar-refractivity contribution in [1.82, 2.24) is 10.6 Å². The van der Waals surface area contributed by atoms with Crippen LogP contribution in [0.5, 0.6) is 0 Å². The van der Waals surface area contributed by atoms with Gasteiger partial charge in [0.15, 0.2) is 0 Å². The smallest absolute Gasteiger partial charge is 0.330 e. The van der Waals surface area contributed by atoms with Gasteiger partial charge in [0.2, 0.25) is 0 Å². The fourth-order valence-corrected chi connectivity index (χ4v) is 1.82. The molecule has 0 spiro atoms. The van der Waals surface area contributed by atoms with Crippen LogP contribution in [0.25, 0.3) is 0 Å². The maximum Gasteiger partial charge on any atom is 0.330 e. The Labute approximate surface area is 94.9 Å². The van der Waals surface area contributed by atoms with E-state index in [2.05, 4.69) is 17.2 Å². The first kappa shape index (κ1) is 12.5. The fourth-order valence-electron chi connectivity index (χ4n) is 1.82. The predicted octanol–water partition coefficient (Wildman–Crippen LogP) is 1.26. The molecule has 5 nitrogen and oxygen atoms in total. The van der Waals surface area contributed by atoms with Gasteiger partial charge in [0.05, 0.1) is 0 Å². The van der Waals surface area contributed by atoms with Gasteiger partial charge in [-0.1, -0.05) is 19.4 Å². The number of urea groups is 1. The first-order chi connectivity index (χ1) is 7.50. The van der Waals surface area contributed by atoms with E-state index in [9.17, 15) is 9.59 Å². The number of carboxylic acids is 1. The summed E-state index contributed by atoms with van der Waals surface area (Å²) in [7, 11) is 0. The van der Waals surface area contributed by atoms with Crippen molar-refractivity contribution in [1.29, 1.82) is 0 Å². The van der Waals surface area contributed by atoms with Crippen molar-refractivity contribution < 1.29 is 14.7 Å². The van der Waals surface area contributed by atoms with Gasteiger partial charge >= 0.3 is 12.0 Å². The second kappa shape index (κ2) is 5.53. The van der Waals surface area contributed by atoms with Gasteiger partial charge in [-0.25, -0.2) is 9.59 Å². The van der Waals surface area contributed by atoms with Crippen molar-refractivity contribution in [3.05, 3.63) is 12.2 Å². The van der Waals surface area contributed by atoms with E-state index in [-0.39, 0.29) is 6.04 Å². The molecule has 1 saturated carbocycles. The van der Waals surface area contributed by atoms with Crippen LogP contribution in [0, 0.1) is 0 Å². The van der Waals surface area contributed by atoms with Crippen molar-refractivity contribution in [2.45, 2.75) is 44.7 Å². The highest BCUT2D eigenvalue weighted by Crippen LogP contribution is 2.17. The van der Waals surface area contributed by atoms with Crippen LogP contribution in [0.15, 0.2) is 12.2 Å². The molecule has 1 fully saturated rings. The summed E-state index contributed by atoms with van der Waals surface area (Å²) in [6.45, 7) is 5.12. The lowest BCUT2D eigenvalue weighted by Gasteiger charge is -2.17. The van der Waals surface area contributed by atoms with Gasteiger partial charge in [-0.3, -0.25) is 0 Å². The molecular weight excluding hydrogens is 208 g/mol. The van der Waals surface area contributed by atoms with Crippen LogP contribution in [0.4, 0.5) is 4.79 Å². The number of rotatable bonds is 4. The van der Waals surface area contributed by atoms with Crippen LogP contribution < -0.4 is 10.6 Å². The van der Waals surface area contributed by atoms with Gasteiger partial charge in [-0.15, -0.1) is 0 Å². The molecule has 3 N–H and O–H groups in total. The minimum Gasteiger partial charge on any atom is -0.479 e. The Morgan fingerprint density at radius 3 is 2.38 bits per heavy atom. The van der Waals surface area contributed by atoms with Crippen LogP contribution in [-0.4, -0.2) is 29.2 Å². The molecule has 0 saturated heterocycles. The first-order valence-corrected chi connectivity index (χ1v) is 5.46. The minimum absolute atomic E-state index is 0.180. The second-order valence-corrected chi connectivity index (χ2v) is 4.22. The third kappa shape index (κ3) is 3.56. The Kier molecular flexibility index (Phi) is 4.34. The summed E-state index contributed by atoms with van der Waals surface area (Å²) in [5, 5.41) is 14.0. The van der Waals surface area contributed by atoms with Crippen LogP contribution in [0.3, 0.4) is 0 Å². The third-order valence-corrected chi connectivity index (χ3v) is 2.71. The maximum absolute atomic E-state index is 11.5. The monoisotopic (exact) mass is 226 g/mol. The molecule has 0 radical (unpaired) electrons. The molecule has 5 heteroatoms. The van der Waals surface area contributed by atoms with Crippen molar-refractivity contribution in [3.63, 3.8) is 0 Å². The zero-order valence-electron chi connectivity index (χ0n) is 9.45. The standard InChI is InChI=1S/C11H18N2O3/c1-7(2)9(10(14)15)13-11(16)12-8-5-3-4-6-8/h8-9H,1,3-6H2,2H3,(H,14,15)(H2,12,13,16)/t9-/m0/s1. The zero-order valence-corrected chi connectivity index (χ0v) is 9.45. The SMILES string of the molecule is C=C(C)[C@H](NC(=O)NC1CCCC1)C(=O)O. The summed E-state index contributed by atoms with van der Waals surface area (Å²) in [5.41, 5.74) is 0.411. The van der Waals surface area contributed by atoms with Crippen molar-refractivity contribution in [2.24, 2.45) is 0 Å². The normalized spacial score (nSPS) is 17.8. The number of nitrogens with one attached hydrogen (secondary N) is 2. The van der Waals surface area contributed by atoms with Gasteiger partial charge in [0, 0.05) is 6.04 Å². The molecule has 1 aliphatic carbocycles. The molecule has 0 aromatic rings. The summed E-state index contributed by atoms with van der Waals surface area (Å²) in [6, 6.07) is -1.26. The Morgan fingerprint density at radius 2 is 1.94 bits per heavy atom. The molecular formula is C11H18N2O3. The minimum atomic E-state index is -1.09. The Bertz CT molecular complexity index is 282. The Balaban J connectivity index is 2.41. The van der Waals surface area contributed by atoms with Gasteiger partial charge < -0.3 is 15.7 Å². The molecule has 0 aromatic carbocycles. The van der Waals surface area contributed by atoms with E-state index in [1.54, 1.807) is 6.92 Å². The molecule has 0 unspecified atom stereocenters. The number of amides is 2. The lowest BCUT2D eigenvalue weighted by Crippen LogP contribution is -2.48. The highest BCUT2D eigenvalue weighted by Gasteiger charge is 2.23. The lowest BCUT2D eigenvalue weighted by molar-refractivity contribution is -0.138. The second-order valence-electron chi connectivity index (χ2n) is 4.22. The molecule has 1 aliphatic rings. The van der Waals surface area contributed by atoms with E-state index < -0.39 is 18.0 Å². The molecule has 0 aliphatic heterocycles. The number of carboxylic acid groups (broad SMARTS) is 1. The van der Waals surface area contributed by atoms with Crippen LogP contribution >= 0.6 is 0 Å². The molecule has 1 rings (SSSR count). The van der Waals surface area contributed by atoms with E-state index in [4.69, 9.17) is 5.11 Å². The van der Waals surface area contributed by atoms with Crippen molar-refractivity contribution in [3.8, 4) is 0 Å². The molecule has 16 heavy (non-hydrogen) atoms. The topological polar surface area (TPSA) is 78.4 Å². The Morgan fingerprint density at radius 1 is 1.38 bits per heavy atom. The highest BCUT2D eigenvalue weighted by molar-refractivity contribution is 5.84. The van der Waals surface area contributed by atoms with Gasteiger partial charge in [0.1, 0.15) is 6.04 Å².